The zero-order chi connectivity index (χ0) is 12.6. The highest BCUT2D eigenvalue weighted by Gasteiger charge is 2.39. The summed E-state index contributed by atoms with van der Waals surface area (Å²) in [5.74, 6) is 1.28. The zero-order valence-electron chi connectivity index (χ0n) is 10.5. The number of aryl methyl sites for hydroxylation is 1. The van der Waals surface area contributed by atoms with E-state index in [2.05, 4.69) is 15.2 Å². The Hall–Kier alpha value is -1.69. The molecule has 1 saturated carbocycles. The summed E-state index contributed by atoms with van der Waals surface area (Å²) < 4.78 is 7.15. The van der Waals surface area contributed by atoms with E-state index in [9.17, 15) is 0 Å². The van der Waals surface area contributed by atoms with Crippen molar-refractivity contribution in [2.45, 2.75) is 31.1 Å². The van der Waals surface area contributed by atoms with Crippen molar-refractivity contribution in [3.05, 3.63) is 18.3 Å². The molecule has 96 valence electrons. The van der Waals surface area contributed by atoms with Gasteiger partial charge < -0.3 is 10.3 Å². The van der Waals surface area contributed by atoms with Crippen molar-refractivity contribution in [1.29, 1.82) is 0 Å². The van der Waals surface area contributed by atoms with Crippen molar-refractivity contribution >= 4 is 0 Å². The maximum atomic E-state index is 5.91. The molecule has 2 aromatic heterocycles. The summed E-state index contributed by atoms with van der Waals surface area (Å²) in [6.45, 7) is 0.571. The average Bonchev–Trinajstić information content (AvgIpc) is 3.08. The summed E-state index contributed by atoms with van der Waals surface area (Å²) in [6.07, 6.45) is 8.05. The largest absolute Gasteiger partial charge is 0.338 e. The Morgan fingerprint density at radius 2 is 2.22 bits per heavy atom. The highest BCUT2D eigenvalue weighted by molar-refractivity contribution is 5.51. The van der Waals surface area contributed by atoms with E-state index in [1.54, 1.807) is 10.9 Å². The van der Waals surface area contributed by atoms with Gasteiger partial charge in [0.15, 0.2) is 0 Å². The molecule has 0 unspecified atom stereocenters. The molecule has 0 aromatic carbocycles. The zero-order valence-corrected chi connectivity index (χ0v) is 10.5. The van der Waals surface area contributed by atoms with Crippen molar-refractivity contribution in [3.63, 3.8) is 0 Å². The quantitative estimate of drug-likeness (QED) is 0.882. The van der Waals surface area contributed by atoms with Gasteiger partial charge in [0.05, 0.1) is 17.2 Å². The van der Waals surface area contributed by atoms with E-state index in [1.165, 1.54) is 12.8 Å². The number of rotatable bonds is 3. The predicted octanol–water partition coefficient (Wildman–Crippen LogP) is 1.24. The van der Waals surface area contributed by atoms with Gasteiger partial charge in [-0.05, 0) is 12.8 Å². The second kappa shape index (κ2) is 4.20. The highest BCUT2D eigenvalue weighted by Crippen LogP contribution is 2.39. The van der Waals surface area contributed by atoms with Crippen LogP contribution in [0.2, 0.25) is 0 Å². The van der Waals surface area contributed by atoms with Crippen LogP contribution in [0.25, 0.3) is 11.4 Å². The van der Waals surface area contributed by atoms with Crippen molar-refractivity contribution < 1.29 is 4.52 Å². The summed E-state index contributed by atoms with van der Waals surface area (Å²) in [4.78, 5) is 4.51. The molecular formula is C12H17N5O. The van der Waals surface area contributed by atoms with E-state index < -0.39 is 0 Å². The summed E-state index contributed by atoms with van der Waals surface area (Å²) in [7, 11) is 1.86. The normalized spacial score (nSPS) is 18.3. The minimum Gasteiger partial charge on any atom is -0.338 e. The summed E-state index contributed by atoms with van der Waals surface area (Å²) in [5, 5.41) is 8.15. The lowest BCUT2D eigenvalue weighted by Gasteiger charge is -2.21. The molecular weight excluding hydrogens is 230 g/mol. The molecule has 3 rings (SSSR count). The molecule has 2 N–H and O–H groups in total. The Morgan fingerprint density at radius 1 is 1.44 bits per heavy atom. The van der Waals surface area contributed by atoms with Crippen LogP contribution in [-0.4, -0.2) is 26.5 Å². The molecule has 0 aliphatic heterocycles. The number of nitrogens with two attached hydrogens (primary N) is 1. The van der Waals surface area contributed by atoms with Crippen LogP contribution in [0.15, 0.2) is 16.9 Å². The SMILES string of the molecule is Cn1cc(-c2noc(C3(CN)CCCC3)n2)cn1. The minimum atomic E-state index is -0.104. The van der Waals surface area contributed by atoms with E-state index in [-0.39, 0.29) is 5.41 Å². The number of aromatic nitrogens is 4. The highest BCUT2D eigenvalue weighted by atomic mass is 16.5. The molecule has 0 spiro atoms. The van der Waals surface area contributed by atoms with Gasteiger partial charge in [-0.3, -0.25) is 4.68 Å². The van der Waals surface area contributed by atoms with Crippen LogP contribution in [0, 0.1) is 0 Å². The second-order valence-electron chi connectivity index (χ2n) is 5.02. The first-order valence-corrected chi connectivity index (χ1v) is 6.27. The van der Waals surface area contributed by atoms with E-state index in [0.29, 0.717) is 18.3 Å². The first kappa shape index (κ1) is 11.4. The van der Waals surface area contributed by atoms with Crippen LogP contribution in [0.5, 0.6) is 0 Å². The molecule has 1 aliphatic carbocycles. The van der Waals surface area contributed by atoms with Crippen molar-refractivity contribution in [2.75, 3.05) is 6.54 Å². The van der Waals surface area contributed by atoms with Gasteiger partial charge in [0, 0.05) is 19.8 Å². The van der Waals surface area contributed by atoms with E-state index in [4.69, 9.17) is 10.3 Å². The van der Waals surface area contributed by atoms with Crippen LogP contribution in [0.4, 0.5) is 0 Å². The first-order chi connectivity index (χ1) is 8.73. The molecule has 0 radical (unpaired) electrons. The smallest absolute Gasteiger partial charge is 0.234 e. The van der Waals surface area contributed by atoms with Crippen LogP contribution >= 0.6 is 0 Å². The van der Waals surface area contributed by atoms with Crippen molar-refractivity contribution in [2.24, 2.45) is 12.8 Å². The number of hydrogen-bond acceptors (Lipinski definition) is 5. The molecule has 1 fully saturated rings. The Morgan fingerprint density at radius 3 is 2.83 bits per heavy atom. The van der Waals surface area contributed by atoms with Gasteiger partial charge >= 0.3 is 0 Å². The predicted molar refractivity (Wildman–Crippen MR) is 65.7 cm³/mol. The van der Waals surface area contributed by atoms with Crippen LogP contribution < -0.4 is 5.73 Å². The Kier molecular flexibility index (Phi) is 2.66. The van der Waals surface area contributed by atoms with E-state index in [0.717, 1.165) is 18.4 Å². The summed E-state index contributed by atoms with van der Waals surface area (Å²) in [6, 6.07) is 0. The van der Waals surface area contributed by atoms with Gasteiger partial charge in [0.25, 0.3) is 0 Å². The van der Waals surface area contributed by atoms with Crippen LogP contribution in [0.3, 0.4) is 0 Å². The molecule has 2 aromatic rings. The summed E-state index contributed by atoms with van der Waals surface area (Å²) in [5.41, 5.74) is 6.68. The standard InChI is InChI=1S/C12H17N5O/c1-17-7-9(6-14-17)10-15-11(18-16-10)12(8-13)4-2-3-5-12/h6-7H,2-5,8,13H2,1H3. The van der Waals surface area contributed by atoms with Crippen molar-refractivity contribution in [3.8, 4) is 11.4 Å². The molecule has 0 atom stereocenters. The topological polar surface area (TPSA) is 82.8 Å². The summed E-state index contributed by atoms with van der Waals surface area (Å²) >= 11 is 0. The fraction of sp³-hybridized carbons (Fsp3) is 0.583. The van der Waals surface area contributed by atoms with Crippen LogP contribution in [-0.2, 0) is 12.5 Å². The molecule has 0 amide bonds. The van der Waals surface area contributed by atoms with Gasteiger partial charge in [-0.1, -0.05) is 18.0 Å². The number of nitrogens with zero attached hydrogens (tertiary/aromatic N) is 4. The van der Waals surface area contributed by atoms with Gasteiger partial charge in [0.1, 0.15) is 0 Å². The van der Waals surface area contributed by atoms with E-state index in [1.807, 2.05) is 13.2 Å². The molecule has 6 heteroatoms. The fourth-order valence-electron chi connectivity index (χ4n) is 2.65. The Balaban J connectivity index is 1.93. The Labute approximate surface area is 105 Å². The molecule has 0 saturated heterocycles. The lowest BCUT2D eigenvalue weighted by Crippen LogP contribution is -2.32. The van der Waals surface area contributed by atoms with Gasteiger partial charge in [0.2, 0.25) is 11.7 Å². The van der Waals surface area contributed by atoms with Gasteiger partial charge in [-0.2, -0.15) is 10.1 Å². The lowest BCUT2D eigenvalue weighted by atomic mass is 9.86. The third kappa shape index (κ3) is 1.73. The molecule has 18 heavy (non-hydrogen) atoms. The molecule has 0 bridgehead atoms. The monoisotopic (exact) mass is 247 g/mol. The minimum absolute atomic E-state index is 0.104. The first-order valence-electron chi connectivity index (χ1n) is 6.27. The van der Waals surface area contributed by atoms with Crippen LogP contribution in [0.1, 0.15) is 31.6 Å². The molecule has 2 heterocycles. The average molecular weight is 247 g/mol. The number of hydrogen-bond donors (Lipinski definition) is 1. The molecule has 6 nitrogen and oxygen atoms in total. The maximum Gasteiger partial charge on any atom is 0.234 e. The maximum absolute atomic E-state index is 5.91. The second-order valence-corrected chi connectivity index (χ2v) is 5.02. The third-order valence-corrected chi connectivity index (χ3v) is 3.79. The van der Waals surface area contributed by atoms with Gasteiger partial charge in [-0.25, -0.2) is 0 Å². The van der Waals surface area contributed by atoms with E-state index >= 15 is 0 Å². The lowest BCUT2D eigenvalue weighted by molar-refractivity contribution is 0.284. The fourth-order valence-corrected chi connectivity index (χ4v) is 2.65. The third-order valence-electron chi connectivity index (χ3n) is 3.79. The van der Waals surface area contributed by atoms with Gasteiger partial charge in [-0.15, -0.1) is 0 Å². The Bertz CT molecular complexity index is 538. The van der Waals surface area contributed by atoms with Crippen molar-refractivity contribution in [1.82, 2.24) is 19.9 Å². The molecule has 1 aliphatic rings.